The Balaban J connectivity index is 2.46. The summed E-state index contributed by atoms with van der Waals surface area (Å²) in [6.07, 6.45) is 0. The first-order valence-electron chi connectivity index (χ1n) is 5.08. The molecule has 2 rings (SSSR count). The minimum absolute atomic E-state index is 0.141. The predicted molar refractivity (Wildman–Crippen MR) is 57.6 cm³/mol. The molecule has 4 nitrogen and oxygen atoms in total. The van der Waals surface area contributed by atoms with E-state index >= 15 is 0 Å². The molecule has 2 N–H and O–H groups in total. The van der Waals surface area contributed by atoms with Crippen LogP contribution in [0.25, 0.3) is 0 Å². The van der Waals surface area contributed by atoms with Gasteiger partial charge in [-0.3, -0.25) is 4.79 Å². The molecule has 0 fully saturated rings. The number of β-amino-alcohol motifs (C(OH)–C–C–N with tert-alkyl or cyclic N) is 1. The molecule has 5 heteroatoms. The molecule has 1 aliphatic rings. The number of hydrogen-bond acceptors (Lipinski definition) is 3. The lowest BCUT2D eigenvalue weighted by atomic mass is 10.1. The molecule has 0 saturated heterocycles. The highest BCUT2D eigenvalue weighted by molar-refractivity contribution is 6.04. The first-order valence-corrected chi connectivity index (χ1v) is 5.08. The fourth-order valence-electron chi connectivity index (χ4n) is 2.01. The minimum atomic E-state index is -0.442. The molecule has 0 bridgehead atoms. The zero-order valence-electron chi connectivity index (χ0n) is 8.90. The smallest absolute Gasteiger partial charge is 0.248 e. The molecule has 0 radical (unpaired) electrons. The molecule has 1 amide bonds. The number of aliphatic hydroxyl groups is 1. The van der Waals surface area contributed by atoms with E-state index in [0.717, 1.165) is 5.56 Å². The number of nitrogens with zero attached hydrogens (tertiary/aromatic N) is 1. The number of carbonyl (C=O) groups is 1. The van der Waals surface area contributed by atoms with Gasteiger partial charge >= 0.3 is 0 Å². The average Bonchev–Trinajstić information content (AvgIpc) is 2.52. The Labute approximate surface area is 92.7 Å². The van der Waals surface area contributed by atoms with Crippen molar-refractivity contribution in [2.24, 2.45) is 0 Å². The number of likely N-dealkylation sites (N-methyl/N-ethyl adjacent to an activating group) is 1. The summed E-state index contributed by atoms with van der Waals surface area (Å²) in [6, 6.07) is 3.81. The highest BCUT2D eigenvalue weighted by atomic mass is 19.1. The van der Waals surface area contributed by atoms with Gasteiger partial charge in [-0.15, -0.1) is 0 Å². The van der Waals surface area contributed by atoms with Gasteiger partial charge in [0.1, 0.15) is 11.9 Å². The van der Waals surface area contributed by atoms with Crippen LogP contribution in [0.5, 0.6) is 0 Å². The van der Waals surface area contributed by atoms with Crippen molar-refractivity contribution in [3.8, 4) is 0 Å². The van der Waals surface area contributed by atoms with Gasteiger partial charge in [0.15, 0.2) is 0 Å². The minimum Gasteiger partial charge on any atom is -0.395 e. The molecule has 86 valence electrons. The van der Waals surface area contributed by atoms with Gasteiger partial charge < -0.3 is 15.3 Å². The van der Waals surface area contributed by atoms with Gasteiger partial charge in [-0.25, -0.2) is 4.39 Å². The van der Waals surface area contributed by atoms with Crippen LogP contribution in [0.3, 0.4) is 0 Å². The van der Waals surface area contributed by atoms with E-state index in [-0.39, 0.29) is 24.9 Å². The summed E-state index contributed by atoms with van der Waals surface area (Å²) < 4.78 is 13.1. The van der Waals surface area contributed by atoms with Gasteiger partial charge in [-0.2, -0.15) is 0 Å². The van der Waals surface area contributed by atoms with Gasteiger partial charge in [0, 0.05) is 12.1 Å². The molecule has 0 aromatic heterocycles. The lowest BCUT2D eigenvalue weighted by Crippen LogP contribution is -2.35. The number of carbonyl (C=O) groups excluding carboxylic acids is 1. The molecule has 1 aliphatic heterocycles. The number of nitrogens with one attached hydrogen (secondary N) is 1. The average molecular weight is 224 g/mol. The van der Waals surface area contributed by atoms with Crippen LogP contribution in [-0.4, -0.2) is 31.2 Å². The van der Waals surface area contributed by atoms with Crippen LogP contribution in [-0.2, 0) is 4.79 Å². The van der Waals surface area contributed by atoms with E-state index in [2.05, 4.69) is 5.32 Å². The first kappa shape index (κ1) is 11.0. The number of amides is 1. The Kier molecular flexibility index (Phi) is 2.89. The highest BCUT2D eigenvalue weighted by Crippen LogP contribution is 2.35. The van der Waals surface area contributed by atoms with Crippen LogP contribution >= 0.6 is 0 Å². The van der Waals surface area contributed by atoms with Gasteiger partial charge in [0.25, 0.3) is 0 Å². The summed E-state index contributed by atoms with van der Waals surface area (Å²) in [4.78, 5) is 13.3. The topological polar surface area (TPSA) is 52.6 Å². The molecular formula is C11H13FN2O2. The van der Waals surface area contributed by atoms with Crippen molar-refractivity contribution < 1.29 is 14.3 Å². The van der Waals surface area contributed by atoms with Crippen molar-refractivity contribution in [2.45, 2.75) is 6.04 Å². The van der Waals surface area contributed by atoms with Crippen LogP contribution in [0.2, 0.25) is 0 Å². The number of benzene rings is 1. The maximum Gasteiger partial charge on any atom is 0.248 e. The second-order valence-corrected chi connectivity index (χ2v) is 3.64. The summed E-state index contributed by atoms with van der Waals surface area (Å²) in [5.41, 5.74) is 1.29. The van der Waals surface area contributed by atoms with Crippen molar-refractivity contribution in [1.82, 2.24) is 5.32 Å². The van der Waals surface area contributed by atoms with E-state index in [4.69, 9.17) is 5.11 Å². The fourth-order valence-corrected chi connectivity index (χ4v) is 2.01. The number of rotatable bonds is 3. The molecule has 1 atom stereocenters. The molecule has 1 unspecified atom stereocenters. The van der Waals surface area contributed by atoms with Crippen LogP contribution in [0, 0.1) is 5.82 Å². The van der Waals surface area contributed by atoms with Gasteiger partial charge in [0.05, 0.1) is 12.3 Å². The van der Waals surface area contributed by atoms with Crippen LogP contribution < -0.4 is 10.2 Å². The number of hydrogen-bond donors (Lipinski definition) is 2. The van der Waals surface area contributed by atoms with Crippen molar-refractivity contribution >= 4 is 11.6 Å². The predicted octanol–water partition coefficient (Wildman–Crippen LogP) is 0.425. The third kappa shape index (κ3) is 1.58. The largest absolute Gasteiger partial charge is 0.395 e. The Morgan fingerprint density at radius 1 is 1.56 bits per heavy atom. The van der Waals surface area contributed by atoms with Crippen molar-refractivity contribution in [3.63, 3.8) is 0 Å². The molecule has 1 heterocycles. The number of fused-ring (bicyclic) bond motifs is 1. The standard InChI is InChI=1S/C11H13FN2O2/c1-13-10-8-3-2-7(12)6-9(8)14(4-5-15)11(10)16/h2-3,6,10,13,15H,4-5H2,1H3. The lowest BCUT2D eigenvalue weighted by molar-refractivity contribution is -0.120. The summed E-state index contributed by atoms with van der Waals surface area (Å²) >= 11 is 0. The van der Waals surface area contributed by atoms with Gasteiger partial charge in [-0.05, 0) is 19.2 Å². The lowest BCUT2D eigenvalue weighted by Gasteiger charge is -2.16. The van der Waals surface area contributed by atoms with Gasteiger partial charge in [-0.1, -0.05) is 6.07 Å². The monoisotopic (exact) mass is 224 g/mol. The third-order valence-corrected chi connectivity index (χ3v) is 2.72. The second-order valence-electron chi connectivity index (χ2n) is 3.64. The second kappa shape index (κ2) is 4.19. The van der Waals surface area contributed by atoms with Gasteiger partial charge in [0.2, 0.25) is 5.91 Å². The van der Waals surface area contributed by atoms with E-state index in [1.54, 1.807) is 13.1 Å². The van der Waals surface area contributed by atoms with Crippen LogP contribution in [0.1, 0.15) is 11.6 Å². The van der Waals surface area contributed by atoms with Crippen LogP contribution in [0.15, 0.2) is 18.2 Å². The summed E-state index contributed by atoms with van der Waals surface area (Å²) in [5, 5.41) is 11.8. The normalized spacial score (nSPS) is 19.1. The Morgan fingerprint density at radius 2 is 2.31 bits per heavy atom. The molecular weight excluding hydrogens is 211 g/mol. The van der Waals surface area contributed by atoms with E-state index in [0.29, 0.717) is 5.69 Å². The molecule has 0 spiro atoms. The maximum atomic E-state index is 13.1. The SMILES string of the molecule is CNC1C(=O)N(CCO)c2cc(F)ccc21. The number of anilines is 1. The Hall–Kier alpha value is -1.46. The third-order valence-electron chi connectivity index (χ3n) is 2.72. The molecule has 16 heavy (non-hydrogen) atoms. The molecule has 0 aliphatic carbocycles. The zero-order chi connectivity index (χ0) is 11.7. The van der Waals surface area contributed by atoms with E-state index < -0.39 is 6.04 Å². The maximum absolute atomic E-state index is 13.1. The van der Waals surface area contributed by atoms with Crippen molar-refractivity contribution in [2.75, 3.05) is 25.1 Å². The summed E-state index contributed by atoms with van der Waals surface area (Å²) in [5.74, 6) is -0.539. The highest BCUT2D eigenvalue weighted by Gasteiger charge is 2.35. The molecule has 0 saturated carbocycles. The summed E-state index contributed by atoms with van der Waals surface area (Å²) in [7, 11) is 1.68. The van der Waals surface area contributed by atoms with E-state index in [9.17, 15) is 9.18 Å². The van der Waals surface area contributed by atoms with Crippen molar-refractivity contribution in [3.05, 3.63) is 29.6 Å². The van der Waals surface area contributed by atoms with Crippen LogP contribution in [0.4, 0.5) is 10.1 Å². The summed E-state index contributed by atoms with van der Waals surface area (Å²) in [6.45, 7) is 0.0472. The number of halogens is 1. The molecule has 1 aromatic carbocycles. The number of aliphatic hydroxyl groups excluding tert-OH is 1. The molecule has 1 aromatic rings. The Bertz CT molecular complexity index is 422. The van der Waals surface area contributed by atoms with Crippen molar-refractivity contribution in [1.29, 1.82) is 0 Å². The van der Waals surface area contributed by atoms with E-state index in [1.165, 1.54) is 17.0 Å². The fraction of sp³-hybridized carbons (Fsp3) is 0.364. The zero-order valence-corrected chi connectivity index (χ0v) is 8.90. The Morgan fingerprint density at radius 3 is 2.94 bits per heavy atom. The first-order chi connectivity index (χ1) is 7.69. The quantitative estimate of drug-likeness (QED) is 0.782. The van der Waals surface area contributed by atoms with E-state index in [1.807, 2.05) is 0 Å².